The van der Waals surface area contributed by atoms with E-state index in [1.165, 1.54) is 6.07 Å². The Morgan fingerprint density at radius 1 is 1.40 bits per heavy atom. The van der Waals surface area contributed by atoms with Crippen molar-refractivity contribution in [3.63, 3.8) is 0 Å². The molecule has 0 aliphatic heterocycles. The fourth-order valence-corrected chi connectivity index (χ4v) is 2.76. The van der Waals surface area contributed by atoms with Gasteiger partial charge in [0.25, 0.3) is 0 Å². The van der Waals surface area contributed by atoms with E-state index in [-0.39, 0.29) is 5.03 Å². The number of hydrogen-bond acceptors (Lipinski definition) is 4. The molecule has 0 saturated heterocycles. The van der Waals surface area contributed by atoms with E-state index in [2.05, 4.69) is 10.2 Å². The Bertz CT molecular complexity index is 416. The van der Waals surface area contributed by atoms with Crippen molar-refractivity contribution in [2.45, 2.75) is 30.5 Å². The van der Waals surface area contributed by atoms with Gasteiger partial charge in [-0.05, 0) is 32.4 Å². The second-order valence-electron chi connectivity index (χ2n) is 3.35. The monoisotopic (exact) mass is 248 g/mol. The summed E-state index contributed by atoms with van der Waals surface area (Å²) in [7, 11) is -3.38. The summed E-state index contributed by atoms with van der Waals surface area (Å²) in [6.45, 7) is 3.38. The van der Waals surface area contributed by atoms with Crippen LogP contribution in [0.15, 0.2) is 17.2 Å². The Hall–Kier alpha value is -0.680. The summed E-state index contributed by atoms with van der Waals surface area (Å²) >= 11 is 5.51. The predicted molar refractivity (Wildman–Crippen MR) is 58.8 cm³/mol. The van der Waals surface area contributed by atoms with Crippen LogP contribution in [0.4, 0.5) is 0 Å². The minimum absolute atomic E-state index is 0.0192. The SMILES string of the molecule is Cc1ccc(S(=O)(=O)C(C)CCCl)nn1. The maximum absolute atomic E-state index is 11.9. The van der Waals surface area contributed by atoms with Crippen molar-refractivity contribution in [1.82, 2.24) is 10.2 Å². The predicted octanol–water partition coefficient (Wildman–Crippen LogP) is 1.58. The van der Waals surface area contributed by atoms with E-state index in [1.54, 1.807) is 19.9 Å². The normalized spacial score (nSPS) is 13.8. The quantitative estimate of drug-likeness (QED) is 0.759. The number of alkyl halides is 1. The van der Waals surface area contributed by atoms with Gasteiger partial charge in [-0.25, -0.2) is 8.42 Å². The first kappa shape index (κ1) is 12.4. The summed E-state index contributed by atoms with van der Waals surface area (Å²) in [6.07, 6.45) is 0.416. The molecule has 1 atom stereocenters. The minimum atomic E-state index is -3.38. The average Bonchev–Trinajstić information content (AvgIpc) is 2.18. The molecule has 1 rings (SSSR count). The Morgan fingerprint density at radius 2 is 2.07 bits per heavy atom. The summed E-state index contributed by atoms with van der Waals surface area (Å²) in [5.41, 5.74) is 0.693. The molecule has 0 spiro atoms. The highest BCUT2D eigenvalue weighted by Crippen LogP contribution is 2.15. The molecule has 0 aliphatic carbocycles. The maximum atomic E-state index is 11.9. The van der Waals surface area contributed by atoms with Crippen LogP contribution in [-0.4, -0.2) is 29.7 Å². The average molecular weight is 249 g/mol. The van der Waals surface area contributed by atoms with Crippen LogP contribution in [0.2, 0.25) is 0 Å². The first-order chi connectivity index (χ1) is 6.98. The summed E-state index contributed by atoms with van der Waals surface area (Å²) < 4.78 is 23.7. The van der Waals surface area contributed by atoms with Crippen LogP contribution >= 0.6 is 11.6 Å². The molecule has 0 aliphatic rings. The molecule has 0 aromatic carbocycles. The smallest absolute Gasteiger partial charge is 0.200 e. The van der Waals surface area contributed by atoms with Gasteiger partial charge in [0.05, 0.1) is 10.9 Å². The van der Waals surface area contributed by atoms with Crippen LogP contribution in [-0.2, 0) is 9.84 Å². The summed E-state index contributed by atoms with van der Waals surface area (Å²) in [5, 5.41) is 6.90. The van der Waals surface area contributed by atoms with Gasteiger partial charge in [0.2, 0.25) is 0 Å². The molecular formula is C9H13ClN2O2S. The Labute approximate surface area is 94.6 Å². The lowest BCUT2D eigenvalue weighted by Crippen LogP contribution is -2.20. The molecule has 84 valence electrons. The number of aromatic nitrogens is 2. The number of nitrogens with zero attached hydrogens (tertiary/aromatic N) is 2. The standard InChI is InChI=1S/C9H13ClN2O2S/c1-7-3-4-9(12-11-7)15(13,14)8(2)5-6-10/h3-4,8H,5-6H2,1-2H3. The number of halogens is 1. The van der Waals surface area contributed by atoms with E-state index >= 15 is 0 Å². The number of hydrogen-bond donors (Lipinski definition) is 0. The van der Waals surface area contributed by atoms with E-state index in [0.717, 1.165) is 0 Å². The number of sulfone groups is 1. The third-order valence-electron chi connectivity index (χ3n) is 2.11. The van der Waals surface area contributed by atoms with Crippen LogP contribution in [0, 0.1) is 6.92 Å². The van der Waals surface area contributed by atoms with Crippen LogP contribution in [0.25, 0.3) is 0 Å². The zero-order valence-corrected chi connectivity index (χ0v) is 10.2. The van der Waals surface area contributed by atoms with E-state index in [4.69, 9.17) is 11.6 Å². The molecule has 15 heavy (non-hydrogen) atoms. The lowest BCUT2D eigenvalue weighted by atomic mass is 10.4. The molecule has 0 N–H and O–H groups in total. The second-order valence-corrected chi connectivity index (χ2v) is 6.04. The summed E-state index contributed by atoms with van der Waals surface area (Å²) in [5.74, 6) is 0.319. The molecule has 0 fully saturated rings. The van der Waals surface area contributed by atoms with Gasteiger partial charge in [-0.2, -0.15) is 5.10 Å². The van der Waals surface area contributed by atoms with Crippen molar-refractivity contribution >= 4 is 21.4 Å². The van der Waals surface area contributed by atoms with E-state index in [1.807, 2.05) is 0 Å². The third kappa shape index (κ3) is 2.89. The number of rotatable bonds is 4. The molecule has 0 bridgehead atoms. The summed E-state index contributed by atoms with van der Waals surface area (Å²) in [6, 6.07) is 3.11. The zero-order chi connectivity index (χ0) is 11.5. The van der Waals surface area contributed by atoms with Crippen LogP contribution in [0.3, 0.4) is 0 Å². The van der Waals surface area contributed by atoms with Crippen LogP contribution in [0.1, 0.15) is 19.0 Å². The third-order valence-corrected chi connectivity index (χ3v) is 4.42. The number of aryl methyl sites for hydroxylation is 1. The van der Waals surface area contributed by atoms with Gasteiger partial charge in [0, 0.05) is 5.88 Å². The fourth-order valence-electron chi connectivity index (χ4n) is 1.05. The highest BCUT2D eigenvalue weighted by molar-refractivity contribution is 7.92. The van der Waals surface area contributed by atoms with Gasteiger partial charge in [-0.1, -0.05) is 0 Å². The van der Waals surface area contributed by atoms with Crippen molar-refractivity contribution in [2.75, 3.05) is 5.88 Å². The topological polar surface area (TPSA) is 59.9 Å². The molecule has 1 unspecified atom stereocenters. The van der Waals surface area contributed by atoms with Crippen molar-refractivity contribution in [3.8, 4) is 0 Å². The lowest BCUT2D eigenvalue weighted by Gasteiger charge is -2.09. The largest absolute Gasteiger partial charge is 0.222 e. The van der Waals surface area contributed by atoms with Gasteiger partial charge >= 0.3 is 0 Å². The van der Waals surface area contributed by atoms with Gasteiger partial charge in [-0.3, -0.25) is 0 Å². The molecule has 6 heteroatoms. The molecule has 0 amide bonds. The molecule has 1 heterocycles. The Morgan fingerprint density at radius 3 is 2.53 bits per heavy atom. The molecule has 0 radical (unpaired) electrons. The van der Waals surface area contributed by atoms with Gasteiger partial charge < -0.3 is 0 Å². The maximum Gasteiger partial charge on any atom is 0.200 e. The van der Waals surface area contributed by atoms with Gasteiger partial charge in [-0.15, -0.1) is 16.7 Å². The van der Waals surface area contributed by atoms with Gasteiger partial charge in [0.1, 0.15) is 0 Å². The highest BCUT2D eigenvalue weighted by atomic mass is 35.5. The molecular weight excluding hydrogens is 236 g/mol. The van der Waals surface area contributed by atoms with E-state index in [0.29, 0.717) is 18.0 Å². The van der Waals surface area contributed by atoms with Crippen LogP contribution in [0.5, 0.6) is 0 Å². The summed E-state index contributed by atoms with van der Waals surface area (Å²) in [4.78, 5) is 0. The Kier molecular flexibility index (Phi) is 4.04. The first-order valence-electron chi connectivity index (χ1n) is 4.58. The van der Waals surface area contributed by atoms with Crippen molar-refractivity contribution < 1.29 is 8.42 Å². The van der Waals surface area contributed by atoms with Crippen molar-refractivity contribution in [3.05, 3.63) is 17.8 Å². The second kappa shape index (κ2) is 4.90. The van der Waals surface area contributed by atoms with E-state index < -0.39 is 15.1 Å². The Balaban J connectivity index is 3.01. The first-order valence-corrected chi connectivity index (χ1v) is 6.66. The molecule has 1 aromatic rings. The lowest BCUT2D eigenvalue weighted by molar-refractivity contribution is 0.575. The van der Waals surface area contributed by atoms with Crippen molar-refractivity contribution in [1.29, 1.82) is 0 Å². The van der Waals surface area contributed by atoms with Gasteiger partial charge in [0.15, 0.2) is 14.9 Å². The zero-order valence-electron chi connectivity index (χ0n) is 8.64. The fraction of sp³-hybridized carbons (Fsp3) is 0.556. The minimum Gasteiger partial charge on any atom is -0.222 e. The van der Waals surface area contributed by atoms with E-state index in [9.17, 15) is 8.42 Å². The molecule has 1 aromatic heterocycles. The molecule has 0 saturated carbocycles. The van der Waals surface area contributed by atoms with Crippen LogP contribution < -0.4 is 0 Å². The highest BCUT2D eigenvalue weighted by Gasteiger charge is 2.24. The van der Waals surface area contributed by atoms with Crippen molar-refractivity contribution in [2.24, 2.45) is 0 Å². The molecule has 4 nitrogen and oxygen atoms in total.